The molecule has 7 unspecified atom stereocenters. The van der Waals surface area contributed by atoms with Gasteiger partial charge in [0, 0.05) is 0 Å². The summed E-state index contributed by atoms with van der Waals surface area (Å²) in [5, 5.41) is 20.9. The molecule has 1 saturated carbocycles. The Labute approximate surface area is 153 Å². The summed E-state index contributed by atoms with van der Waals surface area (Å²) >= 11 is 0. The lowest BCUT2D eigenvalue weighted by molar-refractivity contribution is -0.0114. The third-order valence-electron chi connectivity index (χ3n) is 8.21. The first-order valence-corrected chi connectivity index (χ1v) is 9.86. The van der Waals surface area contributed by atoms with Gasteiger partial charge in [-0.2, -0.15) is 0 Å². The molecule has 2 saturated heterocycles. The second-order valence-corrected chi connectivity index (χ2v) is 9.39. The van der Waals surface area contributed by atoms with Gasteiger partial charge in [0.1, 0.15) is 35.8 Å². The van der Waals surface area contributed by atoms with Crippen LogP contribution in [0.3, 0.4) is 0 Å². The van der Waals surface area contributed by atoms with Crippen LogP contribution < -0.4 is 0 Å². The summed E-state index contributed by atoms with van der Waals surface area (Å²) < 4.78 is 18.0. The Morgan fingerprint density at radius 3 is 2.85 bits per heavy atom. The van der Waals surface area contributed by atoms with Crippen molar-refractivity contribution in [2.45, 2.75) is 82.1 Å². The molecule has 3 fully saturated rings. The third kappa shape index (κ3) is 1.48. The van der Waals surface area contributed by atoms with Gasteiger partial charge in [-0.15, -0.1) is 0 Å². The highest BCUT2D eigenvalue weighted by Crippen LogP contribution is 2.72. The van der Waals surface area contributed by atoms with Crippen molar-refractivity contribution < 1.29 is 24.1 Å². The summed E-state index contributed by atoms with van der Waals surface area (Å²) in [5.74, 6) is 1.27. The SMILES string of the molecule is CC(C)C12OC1C=C1C3(C)CCc4c(coc4CO)C3CC3OC13C2O. The summed E-state index contributed by atoms with van der Waals surface area (Å²) in [7, 11) is 0. The molecule has 1 aromatic rings. The monoisotopic (exact) mass is 358 g/mol. The number of fused-ring (bicyclic) bond motifs is 5. The van der Waals surface area contributed by atoms with Gasteiger partial charge in [0.15, 0.2) is 0 Å². The number of aliphatic hydroxyl groups is 2. The number of epoxide rings is 2. The summed E-state index contributed by atoms with van der Waals surface area (Å²) in [6, 6.07) is 0. The molecule has 3 aliphatic carbocycles. The first kappa shape index (κ1) is 15.9. The van der Waals surface area contributed by atoms with E-state index in [1.54, 1.807) is 0 Å². The maximum atomic E-state index is 11.3. The van der Waals surface area contributed by atoms with Gasteiger partial charge in [0.2, 0.25) is 0 Å². The Kier molecular flexibility index (Phi) is 2.72. The largest absolute Gasteiger partial charge is 0.466 e. The highest BCUT2D eigenvalue weighted by Gasteiger charge is 2.82. The molecular formula is C21H26O5. The van der Waals surface area contributed by atoms with Crippen molar-refractivity contribution in [3.05, 3.63) is 34.8 Å². The van der Waals surface area contributed by atoms with Crippen molar-refractivity contribution in [3.8, 4) is 0 Å². The maximum absolute atomic E-state index is 11.3. The zero-order valence-corrected chi connectivity index (χ0v) is 15.5. The Hall–Kier alpha value is -1.14. The molecule has 5 aliphatic rings. The van der Waals surface area contributed by atoms with Crippen LogP contribution in [0.15, 0.2) is 22.3 Å². The average molecular weight is 358 g/mol. The molecule has 2 aliphatic heterocycles. The predicted octanol–water partition coefficient (Wildman–Crippen LogP) is 2.44. The highest BCUT2D eigenvalue weighted by atomic mass is 16.7. The molecule has 140 valence electrons. The first-order chi connectivity index (χ1) is 12.4. The molecular weight excluding hydrogens is 332 g/mol. The number of hydrogen-bond acceptors (Lipinski definition) is 5. The van der Waals surface area contributed by atoms with E-state index in [0.29, 0.717) is 11.7 Å². The average Bonchev–Trinajstić information content (AvgIpc) is 3.48. The molecule has 5 nitrogen and oxygen atoms in total. The lowest BCUT2D eigenvalue weighted by Gasteiger charge is -2.50. The van der Waals surface area contributed by atoms with Crippen LogP contribution >= 0.6 is 0 Å². The maximum Gasteiger partial charge on any atom is 0.145 e. The lowest BCUT2D eigenvalue weighted by Crippen LogP contribution is -2.57. The molecule has 1 aromatic heterocycles. The Bertz CT molecular complexity index is 839. The smallest absolute Gasteiger partial charge is 0.145 e. The minimum absolute atomic E-state index is 0.00250. The zero-order valence-electron chi connectivity index (χ0n) is 15.5. The summed E-state index contributed by atoms with van der Waals surface area (Å²) in [6.45, 7) is 6.52. The molecule has 0 amide bonds. The summed E-state index contributed by atoms with van der Waals surface area (Å²) in [5.41, 5.74) is 2.56. The Balaban J connectivity index is 1.48. The molecule has 3 heterocycles. The van der Waals surface area contributed by atoms with E-state index >= 15 is 0 Å². The van der Waals surface area contributed by atoms with Crippen LogP contribution in [0.25, 0.3) is 0 Å². The molecule has 26 heavy (non-hydrogen) atoms. The van der Waals surface area contributed by atoms with Gasteiger partial charge >= 0.3 is 0 Å². The zero-order chi connectivity index (χ0) is 18.1. The minimum Gasteiger partial charge on any atom is -0.466 e. The van der Waals surface area contributed by atoms with E-state index in [9.17, 15) is 10.2 Å². The molecule has 0 radical (unpaired) electrons. The van der Waals surface area contributed by atoms with Crippen LogP contribution in [0.2, 0.25) is 0 Å². The van der Waals surface area contributed by atoms with Crippen molar-refractivity contribution in [1.82, 2.24) is 0 Å². The van der Waals surface area contributed by atoms with Gasteiger partial charge < -0.3 is 24.1 Å². The summed E-state index contributed by atoms with van der Waals surface area (Å²) in [4.78, 5) is 0. The van der Waals surface area contributed by atoms with E-state index in [1.165, 1.54) is 16.7 Å². The van der Waals surface area contributed by atoms with E-state index < -0.39 is 17.3 Å². The van der Waals surface area contributed by atoms with E-state index in [2.05, 4.69) is 26.8 Å². The van der Waals surface area contributed by atoms with Crippen molar-refractivity contribution in [2.75, 3.05) is 0 Å². The van der Waals surface area contributed by atoms with E-state index in [1.807, 2.05) is 6.26 Å². The van der Waals surface area contributed by atoms with Crippen LogP contribution in [-0.2, 0) is 22.5 Å². The number of hydrogen-bond donors (Lipinski definition) is 2. The van der Waals surface area contributed by atoms with Gasteiger partial charge in [0.05, 0.1) is 12.4 Å². The quantitative estimate of drug-likeness (QED) is 0.627. The Morgan fingerprint density at radius 2 is 2.12 bits per heavy atom. The van der Waals surface area contributed by atoms with Gasteiger partial charge in [-0.25, -0.2) is 0 Å². The van der Waals surface area contributed by atoms with E-state index in [4.69, 9.17) is 13.9 Å². The Morgan fingerprint density at radius 1 is 1.31 bits per heavy atom. The fourth-order valence-electron chi connectivity index (χ4n) is 6.63. The van der Waals surface area contributed by atoms with Crippen molar-refractivity contribution in [3.63, 3.8) is 0 Å². The molecule has 5 heteroatoms. The summed E-state index contributed by atoms with van der Waals surface area (Å²) in [6.07, 6.45) is 6.32. The van der Waals surface area contributed by atoms with Gasteiger partial charge in [-0.3, -0.25) is 0 Å². The number of rotatable bonds is 2. The van der Waals surface area contributed by atoms with Crippen LogP contribution in [0.1, 0.15) is 56.4 Å². The van der Waals surface area contributed by atoms with Crippen LogP contribution in [0.4, 0.5) is 0 Å². The first-order valence-electron chi connectivity index (χ1n) is 9.86. The third-order valence-corrected chi connectivity index (χ3v) is 8.21. The molecule has 0 aromatic carbocycles. The second kappa shape index (κ2) is 4.46. The molecule has 2 N–H and O–H groups in total. The molecule has 0 bridgehead atoms. The van der Waals surface area contributed by atoms with Crippen molar-refractivity contribution in [2.24, 2.45) is 11.3 Å². The lowest BCUT2D eigenvalue weighted by atomic mass is 9.51. The van der Waals surface area contributed by atoms with Crippen LogP contribution in [0, 0.1) is 11.3 Å². The highest BCUT2D eigenvalue weighted by molar-refractivity contribution is 5.53. The van der Waals surface area contributed by atoms with Crippen LogP contribution in [-0.4, -0.2) is 39.7 Å². The molecule has 6 rings (SSSR count). The second-order valence-electron chi connectivity index (χ2n) is 9.39. The van der Waals surface area contributed by atoms with Crippen molar-refractivity contribution in [1.29, 1.82) is 0 Å². The fourth-order valence-corrected chi connectivity index (χ4v) is 6.63. The van der Waals surface area contributed by atoms with Gasteiger partial charge in [-0.1, -0.05) is 26.8 Å². The fraction of sp³-hybridized carbons (Fsp3) is 0.714. The topological polar surface area (TPSA) is 78.7 Å². The minimum atomic E-state index is -0.596. The predicted molar refractivity (Wildman–Crippen MR) is 92.6 cm³/mol. The van der Waals surface area contributed by atoms with E-state index in [-0.39, 0.29) is 30.1 Å². The number of furan rings is 1. The standard InChI is InChI=1S/C21H26O5/c1-10(2)20-17(25-20)7-15-19(3)5-4-11-12(9-24-14(11)8-22)13(19)6-16-21(15,26-16)18(20)23/h7,9-10,13,16-18,22-23H,4-6,8H2,1-3H3. The number of aliphatic hydroxyl groups excluding tert-OH is 2. The molecule has 7 atom stereocenters. The molecule has 1 spiro atoms. The van der Waals surface area contributed by atoms with Crippen LogP contribution in [0.5, 0.6) is 0 Å². The van der Waals surface area contributed by atoms with Gasteiger partial charge in [0.25, 0.3) is 0 Å². The number of ether oxygens (including phenoxy) is 2. The van der Waals surface area contributed by atoms with Gasteiger partial charge in [-0.05, 0) is 53.2 Å². The normalized spacial score (nSPS) is 50.2. The van der Waals surface area contributed by atoms with Crippen molar-refractivity contribution >= 4 is 0 Å². The van der Waals surface area contributed by atoms with E-state index in [0.717, 1.165) is 19.3 Å².